The van der Waals surface area contributed by atoms with E-state index in [0.717, 1.165) is 11.3 Å². The Kier molecular flexibility index (Phi) is 6.29. The van der Waals surface area contributed by atoms with Crippen molar-refractivity contribution in [2.45, 2.75) is 13.0 Å². The molecule has 122 valence electrons. The minimum absolute atomic E-state index is 0.0669. The van der Waals surface area contributed by atoms with E-state index in [2.05, 4.69) is 5.32 Å². The number of benzene rings is 2. The number of carbonyl (C=O) groups is 1. The van der Waals surface area contributed by atoms with Crippen LogP contribution in [0.2, 0.25) is 0 Å². The van der Waals surface area contributed by atoms with Crippen LogP contribution < -0.4 is 19.5 Å². The van der Waals surface area contributed by atoms with Gasteiger partial charge in [-0.05, 0) is 29.8 Å². The highest BCUT2D eigenvalue weighted by molar-refractivity contribution is 5.76. The highest BCUT2D eigenvalue weighted by atomic mass is 16.5. The fourth-order valence-electron chi connectivity index (χ4n) is 2.06. The predicted octanol–water partition coefficient (Wildman–Crippen LogP) is 2.79. The summed E-state index contributed by atoms with van der Waals surface area (Å²) < 4.78 is 15.9. The second-order valence-electron chi connectivity index (χ2n) is 4.88. The molecule has 0 bridgehead atoms. The predicted molar refractivity (Wildman–Crippen MR) is 87.9 cm³/mol. The zero-order chi connectivity index (χ0) is 16.5. The third-order valence-electron chi connectivity index (χ3n) is 3.28. The molecule has 0 heterocycles. The number of ether oxygens (including phenoxy) is 3. The first-order chi connectivity index (χ1) is 11.2. The van der Waals surface area contributed by atoms with Gasteiger partial charge < -0.3 is 19.5 Å². The number of para-hydroxylation sites is 2. The van der Waals surface area contributed by atoms with Crippen molar-refractivity contribution in [3.05, 3.63) is 54.1 Å². The highest BCUT2D eigenvalue weighted by Crippen LogP contribution is 2.25. The molecule has 0 spiro atoms. The molecule has 0 aliphatic rings. The van der Waals surface area contributed by atoms with Gasteiger partial charge in [0.1, 0.15) is 5.75 Å². The minimum Gasteiger partial charge on any atom is -0.497 e. The molecule has 2 aromatic carbocycles. The molecule has 0 saturated heterocycles. The number of hydrogen-bond acceptors (Lipinski definition) is 4. The first-order valence-electron chi connectivity index (χ1n) is 7.38. The smallest absolute Gasteiger partial charge is 0.223 e. The second-order valence-corrected chi connectivity index (χ2v) is 4.88. The van der Waals surface area contributed by atoms with Gasteiger partial charge in [0.2, 0.25) is 5.91 Å². The van der Waals surface area contributed by atoms with Crippen LogP contribution in [0.5, 0.6) is 17.2 Å². The molecule has 0 aromatic heterocycles. The van der Waals surface area contributed by atoms with Crippen molar-refractivity contribution in [1.29, 1.82) is 0 Å². The average molecular weight is 315 g/mol. The van der Waals surface area contributed by atoms with Crippen LogP contribution in [-0.4, -0.2) is 26.7 Å². The quantitative estimate of drug-likeness (QED) is 0.814. The maximum absolute atomic E-state index is 11.9. The summed E-state index contributed by atoms with van der Waals surface area (Å²) >= 11 is 0. The lowest BCUT2D eigenvalue weighted by molar-refractivity contribution is -0.121. The van der Waals surface area contributed by atoms with E-state index in [1.807, 2.05) is 48.5 Å². The van der Waals surface area contributed by atoms with Crippen LogP contribution in [-0.2, 0) is 11.3 Å². The summed E-state index contributed by atoms with van der Waals surface area (Å²) in [5.74, 6) is 2.00. The van der Waals surface area contributed by atoms with E-state index in [1.54, 1.807) is 14.2 Å². The van der Waals surface area contributed by atoms with E-state index in [0.29, 0.717) is 24.7 Å². The van der Waals surface area contributed by atoms with Gasteiger partial charge in [-0.2, -0.15) is 0 Å². The molecule has 0 radical (unpaired) electrons. The lowest BCUT2D eigenvalue weighted by atomic mass is 10.2. The highest BCUT2D eigenvalue weighted by Gasteiger charge is 2.05. The van der Waals surface area contributed by atoms with Crippen molar-refractivity contribution in [2.75, 3.05) is 20.8 Å². The molecule has 0 aliphatic heterocycles. The molecular formula is C18H21NO4. The SMILES string of the molecule is COc1cccc(CNC(=O)CCOc2ccccc2OC)c1. The van der Waals surface area contributed by atoms with E-state index in [-0.39, 0.29) is 12.3 Å². The van der Waals surface area contributed by atoms with Crippen LogP contribution in [0, 0.1) is 0 Å². The van der Waals surface area contributed by atoms with E-state index < -0.39 is 0 Å². The van der Waals surface area contributed by atoms with Crippen molar-refractivity contribution in [3.8, 4) is 17.2 Å². The van der Waals surface area contributed by atoms with Gasteiger partial charge in [0.25, 0.3) is 0 Å². The molecule has 1 N–H and O–H groups in total. The van der Waals surface area contributed by atoms with Crippen LogP contribution in [0.4, 0.5) is 0 Å². The Balaban J connectivity index is 1.74. The fraction of sp³-hybridized carbons (Fsp3) is 0.278. The van der Waals surface area contributed by atoms with Gasteiger partial charge in [-0.3, -0.25) is 4.79 Å². The number of methoxy groups -OCH3 is 2. The first kappa shape index (κ1) is 16.7. The van der Waals surface area contributed by atoms with E-state index >= 15 is 0 Å². The van der Waals surface area contributed by atoms with Crippen LogP contribution in [0.1, 0.15) is 12.0 Å². The Labute approximate surface area is 136 Å². The topological polar surface area (TPSA) is 56.8 Å². The normalized spacial score (nSPS) is 10.0. The van der Waals surface area contributed by atoms with Gasteiger partial charge in [0, 0.05) is 6.54 Å². The first-order valence-corrected chi connectivity index (χ1v) is 7.38. The zero-order valence-electron chi connectivity index (χ0n) is 13.4. The molecule has 23 heavy (non-hydrogen) atoms. The maximum Gasteiger partial charge on any atom is 0.223 e. The number of rotatable bonds is 8. The summed E-state index contributed by atoms with van der Waals surface area (Å²) in [7, 11) is 3.20. The molecule has 0 aliphatic carbocycles. The third kappa shape index (κ3) is 5.21. The molecular weight excluding hydrogens is 294 g/mol. The van der Waals surface area contributed by atoms with Crippen LogP contribution >= 0.6 is 0 Å². The molecule has 2 aromatic rings. The van der Waals surface area contributed by atoms with Crippen LogP contribution in [0.3, 0.4) is 0 Å². The zero-order valence-corrected chi connectivity index (χ0v) is 13.4. The number of nitrogens with one attached hydrogen (secondary N) is 1. The summed E-state index contributed by atoms with van der Waals surface area (Å²) in [5, 5.41) is 2.86. The van der Waals surface area contributed by atoms with Gasteiger partial charge >= 0.3 is 0 Å². The Morgan fingerprint density at radius 3 is 2.52 bits per heavy atom. The Bertz CT molecular complexity index is 642. The van der Waals surface area contributed by atoms with Gasteiger partial charge in [0.15, 0.2) is 11.5 Å². The Morgan fingerprint density at radius 1 is 1.00 bits per heavy atom. The van der Waals surface area contributed by atoms with Crippen LogP contribution in [0.15, 0.2) is 48.5 Å². The molecule has 2 rings (SSSR count). The van der Waals surface area contributed by atoms with Crippen molar-refractivity contribution in [3.63, 3.8) is 0 Å². The average Bonchev–Trinajstić information content (AvgIpc) is 2.60. The minimum atomic E-state index is -0.0669. The monoisotopic (exact) mass is 315 g/mol. The summed E-state index contributed by atoms with van der Waals surface area (Å²) in [5.41, 5.74) is 0.989. The summed E-state index contributed by atoms with van der Waals surface area (Å²) in [6.07, 6.45) is 0.280. The molecule has 5 heteroatoms. The van der Waals surface area contributed by atoms with Crippen LogP contribution in [0.25, 0.3) is 0 Å². The largest absolute Gasteiger partial charge is 0.497 e. The molecule has 0 fully saturated rings. The fourth-order valence-corrected chi connectivity index (χ4v) is 2.06. The van der Waals surface area contributed by atoms with Crippen molar-refractivity contribution in [1.82, 2.24) is 5.32 Å². The lowest BCUT2D eigenvalue weighted by Gasteiger charge is -2.10. The van der Waals surface area contributed by atoms with Gasteiger partial charge in [-0.25, -0.2) is 0 Å². The Morgan fingerprint density at radius 2 is 1.78 bits per heavy atom. The molecule has 1 amide bonds. The van der Waals surface area contributed by atoms with E-state index in [9.17, 15) is 4.79 Å². The summed E-state index contributed by atoms with van der Waals surface area (Å²) in [6.45, 7) is 0.759. The van der Waals surface area contributed by atoms with Gasteiger partial charge in [-0.1, -0.05) is 24.3 Å². The molecule has 0 saturated carbocycles. The number of hydrogen-bond donors (Lipinski definition) is 1. The Hall–Kier alpha value is -2.69. The van der Waals surface area contributed by atoms with Gasteiger partial charge in [-0.15, -0.1) is 0 Å². The van der Waals surface area contributed by atoms with E-state index in [4.69, 9.17) is 14.2 Å². The number of amides is 1. The van der Waals surface area contributed by atoms with Crippen molar-refractivity contribution in [2.24, 2.45) is 0 Å². The third-order valence-corrected chi connectivity index (χ3v) is 3.28. The second kappa shape index (κ2) is 8.68. The molecule has 0 atom stereocenters. The molecule has 0 unspecified atom stereocenters. The van der Waals surface area contributed by atoms with Crippen molar-refractivity contribution < 1.29 is 19.0 Å². The van der Waals surface area contributed by atoms with E-state index in [1.165, 1.54) is 0 Å². The summed E-state index contributed by atoms with van der Waals surface area (Å²) in [6, 6.07) is 15.0. The number of carbonyl (C=O) groups excluding carboxylic acids is 1. The van der Waals surface area contributed by atoms with Gasteiger partial charge in [0.05, 0.1) is 27.2 Å². The molecule has 5 nitrogen and oxygen atoms in total. The van der Waals surface area contributed by atoms with Crippen molar-refractivity contribution >= 4 is 5.91 Å². The standard InChI is InChI=1S/C18H21NO4/c1-21-15-7-5-6-14(12-15)13-19-18(20)10-11-23-17-9-4-3-8-16(17)22-2/h3-9,12H,10-11,13H2,1-2H3,(H,19,20). The summed E-state index contributed by atoms with van der Waals surface area (Å²) in [4.78, 5) is 11.9. The lowest BCUT2D eigenvalue weighted by Crippen LogP contribution is -2.24. The maximum atomic E-state index is 11.9.